The number of thiocarbonyl (C=S) groups is 1. The van der Waals surface area contributed by atoms with E-state index in [-0.39, 0.29) is 5.91 Å². The molecule has 1 aromatic rings. The highest BCUT2D eigenvalue weighted by molar-refractivity contribution is 7.80. The Labute approximate surface area is 124 Å². The van der Waals surface area contributed by atoms with E-state index in [2.05, 4.69) is 5.32 Å². The summed E-state index contributed by atoms with van der Waals surface area (Å²) in [5, 5.41) is 3.45. The predicted molar refractivity (Wildman–Crippen MR) is 83.4 cm³/mol. The van der Waals surface area contributed by atoms with Gasteiger partial charge in [0, 0.05) is 6.54 Å². The zero-order valence-electron chi connectivity index (χ0n) is 11.9. The van der Waals surface area contributed by atoms with Crippen molar-refractivity contribution in [2.45, 2.75) is 20.3 Å². The molecule has 5 heteroatoms. The fourth-order valence-corrected chi connectivity index (χ4v) is 2.44. The minimum absolute atomic E-state index is 0.0645. The van der Waals surface area contributed by atoms with Gasteiger partial charge in [0.2, 0.25) is 0 Å². The lowest BCUT2D eigenvalue weighted by Gasteiger charge is -2.11. The van der Waals surface area contributed by atoms with Crippen LogP contribution in [-0.2, 0) is 4.79 Å². The van der Waals surface area contributed by atoms with Gasteiger partial charge in [-0.15, -0.1) is 0 Å². The molecule has 0 saturated carbocycles. The van der Waals surface area contributed by atoms with Crippen molar-refractivity contribution in [3.63, 3.8) is 0 Å². The lowest BCUT2D eigenvalue weighted by Crippen LogP contribution is -2.31. The summed E-state index contributed by atoms with van der Waals surface area (Å²) in [6, 6.07) is 5.79. The topological polar surface area (TPSA) is 41.6 Å². The number of nitrogens with one attached hydrogen (secondary N) is 1. The van der Waals surface area contributed by atoms with Crippen molar-refractivity contribution in [3.8, 4) is 5.75 Å². The number of rotatable bonds is 4. The molecule has 0 radical (unpaired) electrons. The SMILES string of the molecule is CCCN1C(=O)/C(=C/c2ccc(OC)c(C)c2)NC1=S. The third-order valence-corrected chi connectivity index (χ3v) is 3.46. The van der Waals surface area contributed by atoms with E-state index < -0.39 is 0 Å². The lowest BCUT2D eigenvalue weighted by molar-refractivity contribution is -0.122. The molecule has 20 heavy (non-hydrogen) atoms. The highest BCUT2D eigenvalue weighted by atomic mass is 32.1. The first-order valence-corrected chi connectivity index (χ1v) is 6.96. The molecular weight excluding hydrogens is 272 g/mol. The monoisotopic (exact) mass is 290 g/mol. The van der Waals surface area contributed by atoms with Crippen LogP contribution in [0.5, 0.6) is 5.75 Å². The quantitative estimate of drug-likeness (QED) is 0.683. The summed E-state index contributed by atoms with van der Waals surface area (Å²) >= 11 is 5.17. The van der Waals surface area contributed by atoms with Gasteiger partial charge in [0.05, 0.1) is 7.11 Å². The number of hydrogen-bond acceptors (Lipinski definition) is 3. The first kappa shape index (κ1) is 14.5. The van der Waals surface area contributed by atoms with E-state index in [1.54, 1.807) is 12.0 Å². The molecule has 0 bridgehead atoms. The Morgan fingerprint density at radius 1 is 1.45 bits per heavy atom. The number of carbonyl (C=O) groups excluding carboxylic acids is 1. The molecule has 0 aromatic heterocycles. The number of methoxy groups -OCH3 is 1. The average molecular weight is 290 g/mol. The van der Waals surface area contributed by atoms with Crippen molar-refractivity contribution in [1.82, 2.24) is 10.2 Å². The van der Waals surface area contributed by atoms with E-state index in [4.69, 9.17) is 17.0 Å². The Kier molecular flexibility index (Phi) is 4.39. The van der Waals surface area contributed by atoms with Crippen LogP contribution >= 0.6 is 12.2 Å². The summed E-state index contributed by atoms with van der Waals surface area (Å²) in [5.41, 5.74) is 2.49. The summed E-state index contributed by atoms with van der Waals surface area (Å²) < 4.78 is 5.22. The van der Waals surface area contributed by atoms with Gasteiger partial charge in [-0.25, -0.2) is 0 Å². The summed E-state index contributed by atoms with van der Waals surface area (Å²) in [5.74, 6) is 0.770. The van der Waals surface area contributed by atoms with Gasteiger partial charge in [-0.3, -0.25) is 9.69 Å². The molecule has 1 heterocycles. The largest absolute Gasteiger partial charge is 0.496 e. The van der Waals surface area contributed by atoms with Crippen LogP contribution in [0.2, 0.25) is 0 Å². The van der Waals surface area contributed by atoms with Gasteiger partial charge < -0.3 is 10.1 Å². The lowest BCUT2D eigenvalue weighted by atomic mass is 10.1. The van der Waals surface area contributed by atoms with Crippen LogP contribution in [0.1, 0.15) is 24.5 Å². The first-order chi connectivity index (χ1) is 9.56. The highest BCUT2D eigenvalue weighted by Gasteiger charge is 2.29. The molecule has 0 aliphatic carbocycles. The van der Waals surface area contributed by atoms with Crippen molar-refractivity contribution in [2.24, 2.45) is 0 Å². The van der Waals surface area contributed by atoms with Crippen molar-refractivity contribution in [1.29, 1.82) is 0 Å². The van der Waals surface area contributed by atoms with Gasteiger partial charge in [0.25, 0.3) is 5.91 Å². The van der Waals surface area contributed by atoms with Gasteiger partial charge in [0.1, 0.15) is 11.4 Å². The maximum atomic E-state index is 12.2. The molecule has 2 rings (SSSR count). The third kappa shape index (κ3) is 2.82. The van der Waals surface area contributed by atoms with Gasteiger partial charge in [0.15, 0.2) is 5.11 Å². The number of ether oxygens (including phenoxy) is 1. The van der Waals surface area contributed by atoms with Crippen LogP contribution in [0, 0.1) is 6.92 Å². The molecule has 1 saturated heterocycles. The highest BCUT2D eigenvalue weighted by Crippen LogP contribution is 2.21. The molecule has 1 N–H and O–H groups in total. The molecule has 0 spiro atoms. The van der Waals surface area contributed by atoms with Crippen LogP contribution in [-0.4, -0.2) is 29.6 Å². The van der Waals surface area contributed by atoms with E-state index in [9.17, 15) is 4.79 Å². The minimum Gasteiger partial charge on any atom is -0.496 e. The van der Waals surface area contributed by atoms with Gasteiger partial charge in [-0.2, -0.15) is 0 Å². The average Bonchev–Trinajstić information content (AvgIpc) is 2.67. The van der Waals surface area contributed by atoms with E-state index in [0.29, 0.717) is 17.4 Å². The second kappa shape index (κ2) is 6.05. The molecule has 1 aliphatic rings. The fourth-order valence-electron chi connectivity index (χ4n) is 2.16. The van der Waals surface area contributed by atoms with Crippen LogP contribution < -0.4 is 10.1 Å². The summed E-state index contributed by atoms with van der Waals surface area (Å²) in [4.78, 5) is 13.8. The zero-order chi connectivity index (χ0) is 14.7. The summed E-state index contributed by atoms with van der Waals surface area (Å²) in [7, 11) is 1.64. The molecular formula is C15H18N2O2S. The zero-order valence-corrected chi connectivity index (χ0v) is 12.7. The predicted octanol–water partition coefficient (Wildman–Crippen LogP) is 2.47. The van der Waals surface area contributed by atoms with E-state index in [1.807, 2.05) is 38.1 Å². The van der Waals surface area contributed by atoms with E-state index in [0.717, 1.165) is 23.3 Å². The molecule has 1 amide bonds. The Hall–Kier alpha value is -1.88. The minimum atomic E-state index is -0.0645. The van der Waals surface area contributed by atoms with Gasteiger partial charge in [-0.1, -0.05) is 13.0 Å². The molecule has 1 fully saturated rings. The van der Waals surface area contributed by atoms with Crippen molar-refractivity contribution in [3.05, 3.63) is 35.0 Å². The standard InChI is InChI=1S/C15H18N2O2S/c1-4-7-17-14(18)12(16-15(17)20)9-11-5-6-13(19-3)10(2)8-11/h5-6,8-9H,4,7H2,1-3H3,(H,16,20)/b12-9-. The Morgan fingerprint density at radius 2 is 2.20 bits per heavy atom. The maximum Gasteiger partial charge on any atom is 0.276 e. The molecule has 106 valence electrons. The third-order valence-electron chi connectivity index (χ3n) is 3.14. The number of benzene rings is 1. The molecule has 4 nitrogen and oxygen atoms in total. The Balaban J connectivity index is 2.26. The maximum absolute atomic E-state index is 12.2. The molecule has 0 atom stereocenters. The van der Waals surface area contributed by atoms with Gasteiger partial charge in [-0.05, 0) is 54.9 Å². The smallest absolute Gasteiger partial charge is 0.276 e. The number of nitrogens with zero attached hydrogens (tertiary/aromatic N) is 1. The van der Waals surface area contributed by atoms with Crippen LogP contribution in [0.4, 0.5) is 0 Å². The molecule has 1 aliphatic heterocycles. The van der Waals surface area contributed by atoms with Crippen molar-refractivity contribution in [2.75, 3.05) is 13.7 Å². The first-order valence-electron chi connectivity index (χ1n) is 6.56. The summed E-state index contributed by atoms with van der Waals surface area (Å²) in [6.45, 7) is 4.63. The molecule has 0 unspecified atom stereocenters. The number of hydrogen-bond donors (Lipinski definition) is 1. The Morgan fingerprint density at radius 3 is 2.80 bits per heavy atom. The van der Waals surface area contributed by atoms with E-state index >= 15 is 0 Å². The van der Waals surface area contributed by atoms with Crippen LogP contribution in [0.15, 0.2) is 23.9 Å². The normalized spacial score (nSPS) is 16.8. The van der Waals surface area contributed by atoms with E-state index in [1.165, 1.54) is 0 Å². The Bertz CT molecular complexity index is 581. The number of amides is 1. The second-order valence-corrected chi connectivity index (χ2v) is 5.06. The van der Waals surface area contributed by atoms with Crippen molar-refractivity contribution < 1.29 is 9.53 Å². The second-order valence-electron chi connectivity index (χ2n) is 4.67. The van der Waals surface area contributed by atoms with Crippen LogP contribution in [0.3, 0.4) is 0 Å². The van der Waals surface area contributed by atoms with Crippen LogP contribution in [0.25, 0.3) is 6.08 Å². The fraction of sp³-hybridized carbons (Fsp3) is 0.333. The van der Waals surface area contributed by atoms with Gasteiger partial charge >= 0.3 is 0 Å². The number of carbonyl (C=O) groups is 1. The summed E-state index contributed by atoms with van der Waals surface area (Å²) in [6.07, 6.45) is 2.69. The van der Waals surface area contributed by atoms with Crippen molar-refractivity contribution >= 4 is 29.3 Å². The molecule has 1 aromatic carbocycles. The number of aryl methyl sites for hydroxylation is 1.